The first-order valence-corrected chi connectivity index (χ1v) is 1.61. The molecule has 0 bridgehead atoms. The smallest absolute Gasteiger partial charge is 0.178 e. The van der Waals surface area contributed by atoms with Crippen LogP contribution in [-0.4, -0.2) is 5.21 Å². The number of H-pyrrole nitrogens is 2. The maximum atomic E-state index is 5.11. The standard InChI is InChI=1S/C2H4N4/c3-6-2-1-4-5-6/h1-2H,3H2/p+2. The first-order chi connectivity index (χ1) is 2.89. The SMILES string of the molecule is N[n+]1cc[nH+][nH]1. The number of hydrogen-bond acceptors (Lipinski definition) is 1. The molecule has 4 heteroatoms. The Morgan fingerprint density at radius 1 is 1.83 bits per heavy atom. The lowest BCUT2D eigenvalue weighted by Crippen LogP contribution is -2.47. The lowest BCUT2D eigenvalue weighted by Gasteiger charge is -1.58. The molecule has 4 nitrogen and oxygen atoms in total. The van der Waals surface area contributed by atoms with Crippen LogP contribution in [0.25, 0.3) is 0 Å². The molecule has 0 saturated heterocycles. The zero-order valence-corrected chi connectivity index (χ0v) is 3.18. The zero-order valence-electron chi connectivity index (χ0n) is 3.18. The number of aromatic amines is 2. The molecular formula is C2H6N4+2. The van der Waals surface area contributed by atoms with Crippen molar-refractivity contribution in [2.24, 2.45) is 0 Å². The molecule has 0 atom stereocenters. The molecule has 4 N–H and O–H groups in total. The Morgan fingerprint density at radius 2 is 2.67 bits per heavy atom. The maximum absolute atomic E-state index is 5.11. The molecule has 0 aliphatic heterocycles. The van der Waals surface area contributed by atoms with Gasteiger partial charge in [-0.05, 0) is 0 Å². The zero-order chi connectivity index (χ0) is 4.41. The van der Waals surface area contributed by atoms with Crippen LogP contribution in [0.2, 0.25) is 0 Å². The number of aromatic nitrogens is 3. The van der Waals surface area contributed by atoms with Crippen LogP contribution in [0.5, 0.6) is 0 Å². The molecule has 0 radical (unpaired) electrons. The third kappa shape index (κ3) is 0.314. The van der Waals surface area contributed by atoms with E-state index in [0.29, 0.717) is 0 Å². The molecular weight excluding hydrogens is 80.1 g/mol. The number of nitrogens with one attached hydrogen (secondary N) is 2. The van der Waals surface area contributed by atoms with Crippen LogP contribution in [0, 0.1) is 0 Å². The second kappa shape index (κ2) is 0.965. The monoisotopic (exact) mass is 86.1 g/mol. The summed E-state index contributed by atoms with van der Waals surface area (Å²) in [5.41, 5.74) is 0. The summed E-state index contributed by atoms with van der Waals surface area (Å²) in [6, 6.07) is 0. The second-order valence-corrected chi connectivity index (χ2v) is 0.979. The van der Waals surface area contributed by atoms with Crippen molar-refractivity contribution in [1.29, 1.82) is 0 Å². The van der Waals surface area contributed by atoms with Crippen molar-refractivity contribution in [3.63, 3.8) is 0 Å². The van der Waals surface area contributed by atoms with Gasteiger partial charge >= 0.3 is 0 Å². The van der Waals surface area contributed by atoms with Gasteiger partial charge in [-0.2, -0.15) is 5.84 Å². The van der Waals surface area contributed by atoms with Gasteiger partial charge in [0.15, 0.2) is 0 Å². The molecule has 1 aromatic rings. The largest absolute Gasteiger partial charge is 0.298 e. The second-order valence-electron chi connectivity index (χ2n) is 0.979. The van der Waals surface area contributed by atoms with E-state index in [0.717, 1.165) is 0 Å². The van der Waals surface area contributed by atoms with E-state index in [1.54, 1.807) is 12.4 Å². The van der Waals surface area contributed by atoms with Crippen LogP contribution in [0.4, 0.5) is 0 Å². The highest BCUT2D eigenvalue weighted by atomic mass is 15.5. The molecule has 0 aliphatic rings. The molecule has 0 unspecified atom stereocenters. The van der Waals surface area contributed by atoms with E-state index in [1.807, 2.05) is 0 Å². The fourth-order valence-corrected chi connectivity index (χ4v) is 0.267. The summed E-state index contributed by atoms with van der Waals surface area (Å²) in [5.74, 6) is 5.11. The predicted octanol–water partition coefficient (Wildman–Crippen LogP) is -2.17. The van der Waals surface area contributed by atoms with Gasteiger partial charge in [-0.1, -0.05) is 5.10 Å². The number of nitrogens with two attached hydrogens (primary N) is 1. The van der Waals surface area contributed by atoms with E-state index in [4.69, 9.17) is 5.84 Å². The van der Waals surface area contributed by atoms with E-state index < -0.39 is 0 Å². The van der Waals surface area contributed by atoms with Gasteiger partial charge in [0.25, 0.3) is 12.4 Å². The summed E-state index contributed by atoms with van der Waals surface area (Å²) in [6.07, 6.45) is 3.36. The molecule has 0 spiro atoms. The Labute approximate surface area is 34.5 Å². The van der Waals surface area contributed by atoms with Gasteiger partial charge < -0.3 is 0 Å². The highest BCUT2D eigenvalue weighted by Gasteiger charge is 1.89. The van der Waals surface area contributed by atoms with Gasteiger partial charge in [-0.25, -0.2) is 0 Å². The lowest BCUT2D eigenvalue weighted by atomic mass is 11.0. The molecule has 32 valence electrons. The molecule has 0 fully saturated rings. The van der Waals surface area contributed by atoms with Crippen LogP contribution in [0.1, 0.15) is 0 Å². The van der Waals surface area contributed by atoms with Gasteiger partial charge in [0, 0.05) is 0 Å². The van der Waals surface area contributed by atoms with E-state index in [9.17, 15) is 0 Å². The predicted molar refractivity (Wildman–Crippen MR) is 17.7 cm³/mol. The fourth-order valence-electron chi connectivity index (χ4n) is 0.267. The number of rotatable bonds is 0. The average molecular weight is 86.1 g/mol. The molecule has 1 heterocycles. The third-order valence-corrected chi connectivity index (χ3v) is 0.512. The topological polar surface area (TPSA) is 59.8 Å². The number of hydrogen-bond donors (Lipinski definition) is 2. The van der Waals surface area contributed by atoms with Crippen molar-refractivity contribution in [1.82, 2.24) is 5.21 Å². The van der Waals surface area contributed by atoms with Crippen LogP contribution in [-0.2, 0) is 0 Å². The molecule has 1 aromatic heterocycles. The Morgan fingerprint density at radius 3 is 2.83 bits per heavy atom. The molecule has 6 heavy (non-hydrogen) atoms. The Kier molecular flexibility index (Phi) is 0.506. The van der Waals surface area contributed by atoms with Gasteiger partial charge in [-0.15, -0.1) is 0 Å². The molecule has 0 saturated carbocycles. The van der Waals surface area contributed by atoms with E-state index in [1.165, 1.54) is 4.79 Å². The highest BCUT2D eigenvalue weighted by molar-refractivity contribution is 4.36. The summed E-state index contributed by atoms with van der Waals surface area (Å²) >= 11 is 0. The minimum atomic E-state index is 1.32. The molecule has 0 aromatic carbocycles. The molecule has 0 amide bonds. The van der Waals surface area contributed by atoms with E-state index >= 15 is 0 Å². The Bertz CT molecular complexity index is 109. The summed E-state index contributed by atoms with van der Waals surface area (Å²) in [7, 11) is 0. The van der Waals surface area contributed by atoms with Gasteiger partial charge in [0.05, 0.1) is 10.0 Å². The van der Waals surface area contributed by atoms with Gasteiger partial charge in [-0.3, -0.25) is 0 Å². The van der Waals surface area contributed by atoms with Crippen molar-refractivity contribution in [3.8, 4) is 0 Å². The van der Waals surface area contributed by atoms with Gasteiger partial charge in [0.2, 0.25) is 0 Å². The number of nitrogen functional groups attached to an aromatic ring is 1. The molecule has 0 aliphatic carbocycles. The van der Waals surface area contributed by atoms with Crippen molar-refractivity contribution in [2.75, 3.05) is 5.84 Å². The summed E-state index contributed by atoms with van der Waals surface area (Å²) in [5, 5.41) is 5.21. The quantitative estimate of drug-likeness (QED) is 0.274. The summed E-state index contributed by atoms with van der Waals surface area (Å²) in [4.78, 5) is 1.32. The Hall–Kier alpha value is -1.06. The third-order valence-electron chi connectivity index (χ3n) is 0.512. The van der Waals surface area contributed by atoms with Crippen molar-refractivity contribution >= 4 is 0 Å². The fraction of sp³-hybridized carbons (Fsp3) is 0. The van der Waals surface area contributed by atoms with Crippen LogP contribution < -0.4 is 15.7 Å². The van der Waals surface area contributed by atoms with E-state index in [2.05, 4.69) is 10.3 Å². The van der Waals surface area contributed by atoms with Crippen molar-refractivity contribution in [3.05, 3.63) is 12.4 Å². The lowest BCUT2D eigenvalue weighted by molar-refractivity contribution is -0.768. The van der Waals surface area contributed by atoms with Crippen LogP contribution in [0.15, 0.2) is 12.4 Å². The van der Waals surface area contributed by atoms with Gasteiger partial charge in [0.1, 0.15) is 0 Å². The summed E-state index contributed by atoms with van der Waals surface area (Å²) < 4.78 is 0. The minimum Gasteiger partial charge on any atom is -0.178 e. The normalized spacial score (nSPS) is 8.67. The Balaban J connectivity index is 3.05. The average Bonchev–Trinajstić information content (AvgIpc) is 1.86. The van der Waals surface area contributed by atoms with Crippen molar-refractivity contribution in [2.45, 2.75) is 0 Å². The molecule has 1 rings (SSSR count). The van der Waals surface area contributed by atoms with E-state index in [-0.39, 0.29) is 0 Å². The maximum Gasteiger partial charge on any atom is 0.298 e. The highest BCUT2D eigenvalue weighted by Crippen LogP contribution is 1.41. The van der Waals surface area contributed by atoms with Crippen molar-refractivity contribution < 1.29 is 9.89 Å². The minimum absolute atomic E-state index is 1.32. The first kappa shape index (κ1) is 3.14. The number of nitrogens with zero attached hydrogens (tertiary/aromatic N) is 1. The first-order valence-electron chi connectivity index (χ1n) is 1.61. The summed E-state index contributed by atoms with van der Waals surface area (Å²) in [6.45, 7) is 0. The van der Waals surface area contributed by atoms with Crippen LogP contribution in [0.3, 0.4) is 0 Å². The van der Waals surface area contributed by atoms with Crippen LogP contribution >= 0.6 is 0 Å².